The maximum atomic E-state index is 15.7. The van der Waals surface area contributed by atoms with Crippen molar-refractivity contribution in [3.63, 3.8) is 0 Å². The topological polar surface area (TPSA) is 105 Å². The standard InChI is InChI=1S/C27H33FN8O2/c1-16-13-35(10-9-34(16)6)19-11-21-23(30-15-31-36(21)14-19)20-8-7-18(17(2)22(20)28)12-29-24(37)25-32-26(33-38-25)27(3,4)5/h7-8,11,14-16H,9-10,12-13H2,1-6H3,(H,29,37). The minimum atomic E-state index is -0.506. The van der Waals surface area contributed by atoms with Gasteiger partial charge in [0.25, 0.3) is 0 Å². The molecule has 1 atom stereocenters. The van der Waals surface area contributed by atoms with Crippen LogP contribution in [0.15, 0.2) is 35.2 Å². The van der Waals surface area contributed by atoms with E-state index in [1.165, 1.54) is 6.33 Å². The molecule has 1 amide bonds. The third kappa shape index (κ3) is 4.85. The highest BCUT2D eigenvalue weighted by Gasteiger charge is 2.25. The lowest BCUT2D eigenvalue weighted by Gasteiger charge is -2.38. The van der Waals surface area contributed by atoms with Crippen LogP contribution >= 0.6 is 0 Å². The molecular formula is C27H33FN8O2. The van der Waals surface area contributed by atoms with Crippen molar-refractivity contribution in [2.75, 3.05) is 31.6 Å². The van der Waals surface area contributed by atoms with Gasteiger partial charge in [-0.1, -0.05) is 32.0 Å². The van der Waals surface area contributed by atoms with Gasteiger partial charge in [0.05, 0.1) is 17.4 Å². The highest BCUT2D eigenvalue weighted by molar-refractivity contribution is 5.89. The van der Waals surface area contributed by atoms with Crippen molar-refractivity contribution >= 4 is 17.1 Å². The molecule has 0 spiro atoms. The van der Waals surface area contributed by atoms with Crippen LogP contribution in [0.2, 0.25) is 0 Å². The number of nitrogens with one attached hydrogen (secondary N) is 1. The monoisotopic (exact) mass is 520 g/mol. The lowest BCUT2D eigenvalue weighted by Crippen LogP contribution is -2.50. The summed E-state index contributed by atoms with van der Waals surface area (Å²) in [6.45, 7) is 12.6. The Morgan fingerprint density at radius 1 is 1.26 bits per heavy atom. The van der Waals surface area contributed by atoms with Gasteiger partial charge in [-0.3, -0.25) is 4.79 Å². The molecule has 1 saturated heterocycles. The molecule has 0 saturated carbocycles. The first kappa shape index (κ1) is 25.8. The molecule has 38 heavy (non-hydrogen) atoms. The maximum Gasteiger partial charge on any atom is 0.315 e. The van der Waals surface area contributed by atoms with E-state index in [2.05, 4.69) is 49.3 Å². The smallest absolute Gasteiger partial charge is 0.315 e. The van der Waals surface area contributed by atoms with Crippen LogP contribution in [0.25, 0.3) is 16.8 Å². The lowest BCUT2D eigenvalue weighted by atomic mass is 9.96. The van der Waals surface area contributed by atoms with Crippen molar-refractivity contribution in [1.82, 2.24) is 35.0 Å². The first-order chi connectivity index (χ1) is 18.0. The molecule has 0 radical (unpaired) electrons. The highest BCUT2D eigenvalue weighted by atomic mass is 19.1. The molecule has 0 aliphatic carbocycles. The molecular weight excluding hydrogens is 487 g/mol. The van der Waals surface area contributed by atoms with Crippen molar-refractivity contribution < 1.29 is 13.7 Å². The highest BCUT2D eigenvalue weighted by Crippen LogP contribution is 2.31. The molecule has 200 valence electrons. The van der Waals surface area contributed by atoms with Crippen LogP contribution in [0.1, 0.15) is 55.3 Å². The van der Waals surface area contributed by atoms with Gasteiger partial charge < -0.3 is 19.6 Å². The predicted octanol–water partition coefficient (Wildman–Crippen LogP) is 3.59. The lowest BCUT2D eigenvalue weighted by molar-refractivity contribution is 0.0907. The quantitative estimate of drug-likeness (QED) is 0.426. The Hall–Kier alpha value is -3.86. The largest absolute Gasteiger partial charge is 0.367 e. The molecule has 0 bridgehead atoms. The zero-order valence-electron chi connectivity index (χ0n) is 22.6. The Balaban J connectivity index is 1.37. The number of halogens is 1. The molecule has 3 aromatic heterocycles. The van der Waals surface area contributed by atoms with E-state index in [0.717, 1.165) is 30.8 Å². The minimum absolute atomic E-state index is 0.116. The van der Waals surface area contributed by atoms with E-state index in [4.69, 9.17) is 4.52 Å². The normalized spacial score (nSPS) is 16.8. The van der Waals surface area contributed by atoms with Gasteiger partial charge in [-0.25, -0.2) is 13.9 Å². The van der Waals surface area contributed by atoms with Crippen LogP contribution in [0.5, 0.6) is 0 Å². The van der Waals surface area contributed by atoms with Crippen LogP contribution < -0.4 is 10.2 Å². The summed E-state index contributed by atoms with van der Waals surface area (Å²) in [6.07, 6.45) is 3.41. The number of nitrogens with zero attached hydrogens (tertiary/aromatic N) is 7. The summed E-state index contributed by atoms with van der Waals surface area (Å²) >= 11 is 0. The summed E-state index contributed by atoms with van der Waals surface area (Å²) in [5.41, 5.74) is 3.41. The number of amides is 1. The van der Waals surface area contributed by atoms with Crippen LogP contribution in [0.4, 0.5) is 10.1 Å². The van der Waals surface area contributed by atoms with Crippen LogP contribution in [-0.4, -0.2) is 68.3 Å². The molecule has 10 nitrogen and oxygen atoms in total. The number of hydrogen-bond acceptors (Lipinski definition) is 8. The van der Waals surface area contributed by atoms with Crippen molar-refractivity contribution in [3.05, 3.63) is 59.4 Å². The van der Waals surface area contributed by atoms with Crippen molar-refractivity contribution in [1.29, 1.82) is 0 Å². The maximum absolute atomic E-state index is 15.7. The number of anilines is 1. The molecule has 1 N–H and O–H groups in total. The summed E-state index contributed by atoms with van der Waals surface area (Å²) in [5.74, 6) is -0.567. The summed E-state index contributed by atoms with van der Waals surface area (Å²) in [7, 11) is 2.13. The first-order valence-electron chi connectivity index (χ1n) is 12.7. The second-order valence-electron chi connectivity index (χ2n) is 11.0. The van der Waals surface area contributed by atoms with Gasteiger partial charge in [-0.05, 0) is 44.2 Å². The fourth-order valence-corrected chi connectivity index (χ4v) is 4.55. The van der Waals surface area contributed by atoms with Crippen molar-refractivity contribution in [2.24, 2.45) is 0 Å². The summed E-state index contributed by atoms with van der Waals surface area (Å²) in [5, 5.41) is 11.0. The van der Waals surface area contributed by atoms with Gasteiger partial charge in [-0.2, -0.15) is 10.1 Å². The molecule has 5 rings (SSSR count). The van der Waals surface area contributed by atoms with Gasteiger partial charge in [-0.15, -0.1) is 0 Å². The van der Waals surface area contributed by atoms with Crippen molar-refractivity contribution in [3.8, 4) is 11.3 Å². The van der Waals surface area contributed by atoms with Gasteiger partial charge in [0.2, 0.25) is 0 Å². The molecule has 1 aromatic carbocycles. The molecule has 11 heteroatoms. The summed E-state index contributed by atoms with van der Waals surface area (Å²) in [6, 6.07) is 5.95. The molecule has 1 fully saturated rings. The Bertz CT molecular complexity index is 1490. The first-order valence-corrected chi connectivity index (χ1v) is 12.7. The third-order valence-corrected chi connectivity index (χ3v) is 7.20. The number of hydrogen-bond donors (Lipinski definition) is 1. The molecule has 1 unspecified atom stereocenters. The molecule has 1 aliphatic rings. The van der Waals surface area contributed by atoms with Gasteiger partial charge >= 0.3 is 11.8 Å². The second-order valence-corrected chi connectivity index (χ2v) is 11.0. The number of aromatic nitrogens is 5. The van der Waals surface area contributed by atoms with E-state index in [-0.39, 0.29) is 23.7 Å². The fourth-order valence-electron chi connectivity index (χ4n) is 4.55. The fraction of sp³-hybridized carbons (Fsp3) is 0.444. The van der Waals surface area contributed by atoms with E-state index in [9.17, 15) is 4.79 Å². The average molecular weight is 521 g/mol. The number of benzene rings is 1. The molecule has 1 aliphatic heterocycles. The van der Waals surface area contributed by atoms with E-state index >= 15 is 4.39 Å². The second kappa shape index (κ2) is 9.79. The SMILES string of the molecule is Cc1c(CNC(=O)c2nc(C(C)(C)C)no2)ccc(-c2ncnn3cc(N4CCN(C)C(C)C4)cc23)c1F. The Kier molecular flexibility index (Phi) is 6.64. The molecule has 4 heterocycles. The Morgan fingerprint density at radius 2 is 2.05 bits per heavy atom. The van der Waals surface area contributed by atoms with Gasteiger partial charge in [0.1, 0.15) is 17.8 Å². The zero-order chi connectivity index (χ0) is 27.2. The minimum Gasteiger partial charge on any atom is -0.367 e. The Morgan fingerprint density at radius 3 is 2.76 bits per heavy atom. The Labute approximate surface area is 220 Å². The number of carbonyl (C=O) groups excluding carboxylic acids is 1. The van der Waals surface area contributed by atoms with Crippen LogP contribution in [0.3, 0.4) is 0 Å². The van der Waals surface area contributed by atoms with E-state index in [1.807, 2.05) is 33.0 Å². The number of piperazine rings is 1. The predicted molar refractivity (Wildman–Crippen MR) is 142 cm³/mol. The number of rotatable bonds is 5. The van der Waals surface area contributed by atoms with Gasteiger partial charge in [0.15, 0.2) is 5.82 Å². The average Bonchev–Trinajstić information content (AvgIpc) is 3.54. The van der Waals surface area contributed by atoms with Gasteiger partial charge in [0, 0.05) is 43.2 Å². The van der Waals surface area contributed by atoms with Crippen LogP contribution in [-0.2, 0) is 12.0 Å². The van der Waals surface area contributed by atoms with E-state index < -0.39 is 5.91 Å². The number of fused-ring (bicyclic) bond motifs is 1. The van der Waals surface area contributed by atoms with Crippen LogP contribution in [0, 0.1) is 12.7 Å². The van der Waals surface area contributed by atoms with E-state index in [0.29, 0.717) is 34.3 Å². The zero-order valence-corrected chi connectivity index (χ0v) is 22.6. The number of carbonyl (C=O) groups is 1. The van der Waals surface area contributed by atoms with Crippen molar-refractivity contribution in [2.45, 2.75) is 52.6 Å². The number of likely N-dealkylation sites (N-methyl/N-ethyl adjacent to an activating group) is 1. The van der Waals surface area contributed by atoms with E-state index in [1.54, 1.807) is 23.6 Å². The summed E-state index contributed by atoms with van der Waals surface area (Å²) in [4.78, 5) is 25.8. The molecule has 4 aromatic rings. The third-order valence-electron chi connectivity index (χ3n) is 7.20. The summed E-state index contributed by atoms with van der Waals surface area (Å²) < 4.78 is 22.5.